The number of benzene rings is 2. The van der Waals surface area contributed by atoms with Crippen LogP contribution >= 0.6 is 15.9 Å². The number of anilines is 4. The summed E-state index contributed by atoms with van der Waals surface area (Å²) in [5.41, 5.74) is 1.81. The quantitative estimate of drug-likeness (QED) is 0.674. The maximum absolute atomic E-state index is 5.60. The van der Waals surface area contributed by atoms with Gasteiger partial charge >= 0.3 is 0 Å². The first-order valence-corrected chi connectivity index (χ1v) is 8.57. The second-order valence-corrected chi connectivity index (χ2v) is 6.23. The van der Waals surface area contributed by atoms with Gasteiger partial charge in [-0.15, -0.1) is 0 Å². The smallest absolute Gasteiger partial charge is 0.163 e. The van der Waals surface area contributed by atoms with E-state index in [1.165, 1.54) is 6.33 Å². The summed E-state index contributed by atoms with van der Waals surface area (Å²) in [5, 5.41) is 6.52. The van der Waals surface area contributed by atoms with E-state index in [9.17, 15) is 0 Å². The Balaban J connectivity index is 1.53. The molecular weight excluding hydrogens is 384 g/mol. The van der Waals surface area contributed by atoms with Gasteiger partial charge in [0.1, 0.15) is 31.2 Å². The molecule has 4 rings (SSSR count). The molecule has 1 aromatic heterocycles. The van der Waals surface area contributed by atoms with E-state index in [0.717, 1.165) is 27.3 Å². The zero-order valence-corrected chi connectivity index (χ0v) is 14.8. The number of nitrogens with one attached hydrogen (secondary N) is 2. The highest BCUT2D eigenvalue weighted by molar-refractivity contribution is 9.10. The number of rotatable bonds is 4. The van der Waals surface area contributed by atoms with Crippen molar-refractivity contribution in [1.82, 2.24) is 9.97 Å². The lowest BCUT2D eigenvalue weighted by Crippen LogP contribution is -2.15. The number of halogens is 1. The molecule has 0 saturated heterocycles. The molecule has 0 aliphatic carbocycles. The van der Waals surface area contributed by atoms with Gasteiger partial charge in [0.25, 0.3) is 0 Å². The first-order valence-electron chi connectivity index (χ1n) is 7.78. The van der Waals surface area contributed by atoms with Crippen molar-refractivity contribution in [2.24, 2.45) is 0 Å². The Labute approximate surface area is 153 Å². The standard InChI is InChI=1S/C18H15BrN4O2/c19-13-3-1-2-4-14(13)23-18-10-17(20-11-21-18)22-12-5-6-15-16(9-12)25-8-7-24-15/h1-6,9-11H,7-8H2,(H2,20,21,22,23). The summed E-state index contributed by atoms with van der Waals surface area (Å²) in [5.74, 6) is 2.87. The highest BCUT2D eigenvalue weighted by Crippen LogP contribution is 2.33. The van der Waals surface area contributed by atoms with Crippen molar-refractivity contribution >= 4 is 38.9 Å². The molecule has 0 saturated carbocycles. The summed E-state index contributed by atoms with van der Waals surface area (Å²) in [6, 6.07) is 15.4. The van der Waals surface area contributed by atoms with Gasteiger partial charge in [0.05, 0.1) is 5.69 Å². The number of hydrogen-bond donors (Lipinski definition) is 2. The molecule has 25 heavy (non-hydrogen) atoms. The molecule has 1 aliphatic rings. The van der Waals surface area contributed by atoms with Crippen molar-refractivity contribution in [3.63, 3.8) is 0 Å². The summed E-state index contributed by atoms with van der Waals surface area (Å²) in [6.07, 6.45) is 1.51. The second kappa shape index (κ2) is 6.98. The van der Waals surface area contributed by atoms with E-state index < -0.39 is 0 Å². The second-order valence-electron chi connectivity index (χ2n) is 5.38. The van der Waals surface area contributed by atoms with Gasteiger partial charge in [0.15, 0.2) is 11.5 Å². The number of hydrogen-bond acceptors (Lipinski definition) is 6. The maximum Gasteiger partial charge on any atom is 0.163 e. The molecule has 2 aromatic carbocycles. The molecule has 0 amide bonds. The van der Waals surface area contributed by atoms with Crippen LogP contribution in [-0.4, -0.2) is 23.2 Å². The van der Waals surface area contributed by atoms with Crippen LogP contribution in [0.3, 0.4) is 0 Å². The molecule has 0 bridgehead atoms. The minimum atomic E-state index is 0.560. The van der Waals surface area contributed by atoms with Gasteiger partial charge in [-0.2, -0.15) is 0 Å². The monoisotopic (exact) mass is 398 g/mol. The van der Waals surface area contributed by atoms with Crippen molar-refractivity contribution in [3.05, 3.63) is 59.3 Å². The van der Waals surface area contributed by atoms with Gasteiger partial charge in [-0.25, -0.2) is 9.97 Å². The molecule has 0 radical (unpaired) electrons. The maximum atomic E-state index is 5.60. The van der Waals surface area contributed by atoms with Gasteiger partial charge < -0.3 is 20.1 Å². The molecule has 6 nitrogen and oxygen atoms in total. The molecule has 1 aliphatic heterocycles. The third-order valence-electron chi connectivity index (χ3n) is 3.62. The third-order valence-corrected chi connectivity index (χ3v) is 4.31. The third kappa shape index (κ3) is 3.66. The van der Waals surface area contributed by atoms with Gasteiger partial charge in [-0.1, -0.05) is 12.1 Å². The minimum Gasteiger partial charge on any atom is -0.486 e. The van der Waals surface area contributed by atoms with Crippen LogP contribution < -0.4 is 20.1 Å². The zero-order valence-electron chi connectivity index (χ0n) is 13.2. The van der Waals surface area contributed by atoms with Crippen LogP contribution in [0.2, 0.25) is 0 Å². The van der Waals surface area contributed by atoms with Crippen LogP contribution in [0.25, 0.3) is 0 Å². The van der Waals surface area contributed by atoms with Crippen LogP contribution in [0.15, 0.2) is 59.3 Å². The van der Waals surface area contributed by atoms with Crippen LogP contribution in [-0.2, 0) is 0 Å². The molecule has 126 valence electrons. The fourth-order valence-electron chi connectivity index (χ4n) is 2.46. The number of aromatic nitrogens is 2. The number of nitrogens with zero attached hydrogens (tertiary/aromatic N) is 2. The number of fused-ring (bicyclic) bond motifs is 1. The molecule has 0 atom stereocenters. The number of para-hydroxylation sites is 1. The fourth-order valence-corrected chi connectivity index (χ4v) is 2.85. The Hall–Kier alpha value is -2.80. The lowest BCUT2D eigenvalue weighted by molar-refractivity contribution is 0.171. The van der Waals surface area contributed by atoms with E-state index in [1.807, 2.05) is 48.5 Å². The van der Waals surface area contributed by atoms with E-state index in [4.69, 9.17) is 9.47 Å². The zero-order chi connectivity index (χ0) is 17.1. The van der Waals surface area contributed by atoms with E-state index in [0.29, 0.717) is 24.8 Å². The molecule has 2 N–H and O–H groups in total. The van der Waals surface area contributed by atoms with Crippen LogP contribution in [0, 0.1) is 0 Å². The average molecular weight is 399 g/mol. The van der Waals surface area contributed by atoms with Crippen molar-refractivity contribution in [1.29, 1.82) is 0 Å². The minimum absolute atomic E-state index is 0.560. The summed E-state index contributed by atoms with van der Waals surface area (Å²) in [7, 11) is 0. The van der Waals surface area contributed by atoms with Crippen molar-refractivity contribution < 1.29 is 9.47 Å². The van der Waals surface area contributed by atoms with Crippen molar-refractivity contribution in [2.45, 2.75) is 0 Å². The van der Waals surface area contributed by atoms with Crippen LogP contribution in [0.1, 0.15) is 0 Å². The molecule has 0 unspecified atom stereocenters. The summed E-state index contributed by atoms with van der Waals surface area (Å²) >= 11 is 3.51. The lowest BCUT2D eigenvalue weighted by Gasteiger charge is -2.19. The molecule has 0 spiro atoms. The fraction of sp³-hybridized carbons (Fsp3) is 0.111. The highest BCUT2D eigenvalue weighted by atomic mass is 79.9. The summed E-state index contributed by atoms with van der Waals surface area (Å²) in [4.78, 5) is 8.52. The molecule has 3 aromatic rings. The van der Waals surface area contributed by atoms with Gasteiger partial charge in [-0.3, -0.25) is 0 Å². The Morgan fingerprint density at radius 2 is 1.60 bits per heavy atom. The molecule has 0 fully saturated rings. The predicted octanol–water partition coefficient (Wildman–Crippen LogP) is 4.50. The van der Waals surface area contributed by atoms with Gasteiger partial charge in [-0.05, 0) is 40.2 Å². The van der Waals surface area contributed by atoms with Gasteiger partial charge in [0.2, 0.25) is 0 Å². The molecule has 2 heterocycles. The van der Waals surface area contributed by atoms with E-state index in [2.05, 4.69) is 36.5 Å². The van der Waals surface area contributed by atoms with E-state index >= 15 is 0 Å². The van der Waals surface area contributed by atoms with Gasteiger partial charge in [0, 0.05) is 22.3 Å². The largest absolute Gasteiger partial charge is 0.486 e. The van der Waals surface area contributed by atoms with E-state index in [1.54, 1.807) is 0 Å². The van der Waals surface area contributed by atoms with Crippen molar-refractivity contribution in [3.8, 4) is 11.5 Å². The van der Waals surface area contributed by atoms with E-state index in [-0.39, 0.29) is 0 Å². The number of ether oxygens (including phenoxy) is 2. The molecular formula is C18H15BrN4O2. The average Bonchev–Trinajstić information content (AvgIpc) is 2.64. The Bertz CT molecular complexity index is 904. The first-order chi connectivity index (χ1) is 12.3. The summed E-state index contributed by atoms with van der Waals surface area (Å²) < 4.78 is 12.1. The van der Waals surface area contributed by atoms with Crippen molar-refractivity contribution in [2.75, 3.05) is 23.8 Å². The Morgan fingerprint density at radius 1 is 0.840 bits per heavy atom. The van der Waals surface area contributed by atoms with Crippen LogP contribution in [0.5, 0.6) is 11.5 Å². The van der Waals surface area contributed by atoms with Crippen LogP contribution in [0.4, 0.5) is 23.0 Å². The SMILES string of the molecule is Brc1ccccc1Nc1cc(Nc2ccc3c(c2)OCCO3)ncn1. The lowest BCUT2D eigenvalue weighted by atomic mass is 10.2. The Morgan fingerprint density at radius 3 is 2.44 bits per heavy atom. The normalized spacial score (nSPS) is 12.5. The summed E-state index contributed by atoms with van der Waals surface area (Å²) in [6.45, 7) is 1.14. The predicted molar refractivity (Wildman–Crippen MR) is 100 cm³/mol. The molecule has 7 heteroatoms. The highest BCUT2D eigenvalue weighted by Gasteiger charge is 2.12. The first kappa shape index (κ1) is 15.7. The topological polar surface area (TPSA) is 68.3 Å². The Kier molecular flexibility index (Phi) is 4.39.